The fourth-order valence-corrected chi connectivity index (χ4v) is 4.79. The van der Waals surface area contributed by atoms with Crippen LogP contribution in [0.1, 0.15) is 35.8 Å². The lowest BCUT2D eigenvalue weighted by atomic mass is 9.82. The third-order valence-electron chi connectivity index (χ3n) is 6.57. The Hall–Kier alpha value is -2.72. The molecule has 10 nitrogen and oxygen atoms in total. The molecule has 4 heterocycles. The Kier molecular flexibility index (Phi) is 7.68. The van der Waals surface area contributed by atoms with Gasteiger partial charge in [-0.15, -0.1) is 0 Å². The largest absolute Gasteiger partial charge is 0.481 e. The Morgan fingerprint density at radius 2 is 1.16 bits per heavy atom. The molecule has 4 atom stereocenters. The van der Waals surface area contributed by atoms with Crippen LogP contribution in [0, 0.1) is 11.8 Å². The highest BCUT2D eigenvalue weighted by molar-refractivity contribution is 5.72. The molecule has 0 spiro atoms. The summed E-state index contributed by atoms with van der Waals surface area (Å²) < 4.78 is 3.46. The van der Waals surface area contributed by atoms with Gasteiger partial charge in [-0.2, -0.15) is 10.2 Å². The summed E-state index contributed by atoms with van der Waals surface area (Å²) in [6, 6.07) is 0. The van der Waals surface area contributed by atoms with Crippen molar-refractivity contribution in [3.05, 3.63) is 35.9 Å². The van der Waals surface area contributed by atoms with Gasteiger partial charge in [-0.1, -0.05) is 0 Å². The van der Waals surface area contributed by atoms with Gasteiger partial charge in [0.15, 0.2) is 0 Å². The first kappa shape index (κ1) is 23.9. The lowest BCUT2D eigenvalue weighted by Gasteiger charge is -2.33. The van der Waals surface area contributed by atoms with Crippen LogP contribution in [0.2, 0.25) is 0 Å². The summed E-state index contributed by atoms with van der Waals surface area (Å²) in [6.07, 6.45) is 9.19. The molecule has 0 unspecified atom stereocenters. The van der Waals surface area contributed by atoms with Crippen LogP contribution in [0.4, 0.5) is 0 Å². The first-order chi connectivity index (χ1) is 15.2. The molecule has 0 aliphatic carbocycles. The molecule has 2 aromatic rings. The number of piperidine rings is 2. The fraction of sp³-hybridized carbons (Fsp3) is 0.636. The zero-order valence-corrected chi connectivity index (χ0v) is 19.3. The van der Waals surface area contributed by atoms with Gasteiger partial charge in [0.05, 0.1) is 24.2 Å². The van der Waals surface area contributed by atoms with Gasteiger partial charge in [-0.3, -0.25) is 19.0 Å². The molecule has 2 aliphatic heterocycles. The average molecular weight is 447 g/mol. The lowest BCUT2D eigenvalue weighted by Crippen LogP contribution is -2.40. The summed E-state index contributed by atoms with van der Waals surface area (Å²) in [5.41, 5.74) is 2.09. The van der Waals surface area contributed by atoms with Crippen molar-refractivity contribution in [3.8, 4) is 0 Å². The third-order valence-corrected chi connectivity index (χ3v) is 6.57. The number of aromatic nitrogens is 4. The molecular weight excluding hydrogens is 412 g/mol. The van der Waals surface area contributed by atoms with E-state index < -0.39 is 11.9 Å². The molecule has 0 amide bonds. The molecule has 0 bridgehead atoms. The van der Waals surface area contributed by atoms with Gasteiger partial charge >= 0.3 is 11.9 Å². The van der Waals surface area contributed by atoms with E-state index in [4.69, 9.17) is 0 Å². The predicted octanol–water partition coefficient (Wildman–Crippen LogP) is 1.08. The van der Waals surface area contributed by atoms with Crippen molar-refractivity contribution >= 4 is 11.9 Å². The van der Waals surface area contributed by atoms with E-state index in [2.05, 4.69) is 20.0 Å². The molecule has 2 aliphatic rings. The number of aliphatic carboxylic acids is 2. The Morgan fingerprint density at radius 1 is 0.781 bits per heavy atom. The second-order valence-corrected chi connectivity index (χ2v) is 9.10. The zero-order chi connectivity index (χ0) is 23.4. The van der Waals surface area contributed by atoms with Crippen LogP contribution in [0.3, 0.4) is 0 Å². The second kappa shape index (κ2) is 10.3. The van der Waals surface area contributed by atoms with Crippen LogP contribution in [0.25, 0.3) is 0 Å². The lowest BCUT2D eigenvalue weighted by molar-refractivity contribution is -0.145. The molecule has 2 N–H and O–H groups in total. The van der Waals surface area contributed by atoms with Gasteiger partial charge in [-0.25, -0.2) is 0 Å². The topological polar surface area (TPSA) is 117 Å². The van der Waals surface area contributed by atoms with Crippen molar-refractivity contribution in [2.45, 2.75) is 24.7 Å². The minimum atomic E-state index is -0.708. The summed E-state index contributed by atoms with van der Waals surface area (Å²) in [7, 11) is 7.65. The molecular formula is C22H34N6O4. The van der Waals surface area contributed by atoms with Crippen LogP contribution in [0.5, 0.6) is 0 Å². The highest BCUT2D eigenvalue weighted by atomic mass is 16.4. The Balaban J connectivity index is 0.000000181. The van der Waals surface area contributed by atoms with E-state index >= 15 is 0 Å². The second-order valence-electron chi connectivity index (χ2n) is 9.10. The van der Waals surface area contributed by atoms with E-state index in [-0.39, 0.29) is 23.7 Å². The van der Waals surface area contributed by atoms with Crippen LogP contribution < -0.4 is 0 Å². The molecule has 2 saturated heterocycles. The summed E-state index contributed by atoms with van der Waals surface area (Å²) in [5, 5.41) is 26.7. The molecule has 32 heavy (non-hydrogen) atoms. The van der Waals surface area contributed by atoms with Crippen LogP contribution in [-0.2, 0) is 23.7 Å². The van der Waals surface area contributed by atoms with Crippen molar-refractivity contribution in [2.75, 3.05) is 40.3 Å². The van der Waals surface area contributed by atoms with Crippen molar-refractivity contribution in [1.29, 1.82) is 0 Å². The summed E-state index contributed by atoms with van der Waals surface area (Å²) >= 11 is 0. The molecule has 2 aromatic heterocycles. The van der Waals surface area contributed by atoms with E-state index in [1.807, 2.05) is 40.6 Å². The quantitative estimate of drug-likeness (QED) is 0.717. The van der Waals surface area contributed by atoms with Gasteiger partial charge < -0.3 is 20.0 Å². The van der Waals surface area contributed by atoms with E-state index in [1.54, 1.807) is 21.8 Å². The number of hydrogen-bond donors (Lipinski definition) is 2. The van der Waals surface area contributed by atoms with Crippen LogP contribution >= 0.6 is 0 Å². The number of nitrogens with zero attached hydrogens (tertiary/aromatic N) is 6. The Morgan fingerprint density at radius 3 is 1.44 bits per heavy atom. The first-order valence-electron chi connectivity index (χ1n) is 11.0. The zero-order valence-electron chi connectivity index (χ0n) is 19.3. The SMILES string of the molecule is CN1CC[C@@H](c2cnn(C)c2)[C@H](C(=O)O)C1.CN1CC[C@H](c2cnn(C)c2)[C@@H](C(=O)O)C1. The van der Waals surface area contributed by atoms with Gasteiger partial charge in [-0.05, 0) is 51.2 Å². The average Bonchev–Trinajstić information content (AvgIpc) is 3.36. The molecule has 0 radical (unpaired) electrons. The molecule has 10 heteroatoms. The Labute approximate surface area is 188 Å². The number of likely N-dealkylation sites (tertiary alicyclic amines) is 2. The normalized spacial score (nSPS) is 26.9. The summed E-state index contributed by atoms with van der Waals surface area (Å²) in [6.45, 7) is 3.14. The highest BCUT2D eigenvalue weighted by Crippen LogP contribution is 2.33. The first-order valence-corrected chi connectivity index (χ1v) is 11.0. The van der Waals surface area contributed by atoms with Gasteiger partial charge in [0.25, 0.3) is 0 Å². The molecule has 0 aromatic carbocycles. The number of carboxylic acids is 2. The maximum Gasteiger partial charge on any atom is 0.308 e. The maximum absolute atomic E-state index is 11.2. The van der Waals surface area contributed by atoms with Gasteiger partial charge in [0.1, 0.15) is 0 Å². The van der Waals surface area contributed by atoms with E-state index in [1.165, 1.54) is 0 Å². The fourth-order valence-electron chi connectivity index (χ4n) is 4.79. The van der Waals surface area contributed by atoms with Crippen molar-refractivity contribution < 1.29 is 19.8 Å². The van der Waals surface area contributed by atoms with Crippen molar-refractivity contribution in [1.82, 2.24) is 29.4 Å². The minimum Gasteiger partial charge on any atom is -0.481 e. The molecule has 2 fully saturated rings. The third kappa shape index (κ3) is 5.74. The van der Waals surface area contributed by atoms with Crippen molar-refractivity contribution in [2.24, 2.45) is 25.9 Å². The summed E-state index contributed by atoms with van der Waals surface area (Å²) in [5.74, 6) is -1.85. The smallest absolute Gasteiger partial charge is 0.308 e. The Bertz CT molecular complexity index is 851. The number of carbonyl (C=O) groups is 2. The van der Waals surface area contributed by atoms with E-state index in [0.29, 0.717) is 13.1 Å². The maximum atomic E-state index is 11.2. The monoisotopic (exact) mass is 446 g/mol. The number of aryl methyl sites for hydroxylation is 2. The minimum absolute atomic E-state index is 0.0994. The number of hydrogen-bond acceptors (Lipinski definition) is 6. The highest BCUT2D eigenvalue weighted by Gasteiger charge is 2.35. The molecule has 0 saturated carbocycles. The molecule has 176 valence electrons. The number of carboxylic acid groups (broad SMARTS) is 2. The summed E-state index contributed by atoms with van der Waals surface area (Å²) in [4.78, 5) is 26.6. The molecule has 4 rings (SSSR count). The predicted molar refractivity (Wildman–Crippen MR) is 118 cm³/mol. The van der Waals surface area contributed by atoms with Crippen molar-refractivity contribution in [3.63, 3.8) is 0 Å². The van der Waals surface area contributed by atoms with Gasteiger partial charge in [0.2, 0.25) is 0 Å². The standard InChI is InChI=1S/2C11H17N3O2/c2*1-13-4-3-9(10(7-13)11(15)16)8-5-12-14(2)6-8/h2*5-6,9-10H,3-4,7H2,1-2H3,(H,15,16)/t2*9-,10+/m10/s1. The van der Waals surface area contributed by atoms with Crippen LogP contribution in [0.15, 0.2) is 24.8 Å². The number of rotatable bonds is 4. The van der Waals surface area contributed by atoms with E-state index in [0.717, 1.165) is 37.1 Å². The van der Waals surface area contributed by atoms with Gasteiger partial charge in [0, 0.05) is 51.4 Å². The van der Waals surface area contributed by atoms with E-state index in [9.17, 15) is 19.8 Å². The van der Waals surface area contributed by atoms with Crippen LogP contribution in [-0.4, -0.2) is 91.8 Å².